The highest BCUT2D eigenvalue weighted by molar-refractivity contribution is 5.94. The lowest BCUT2D eigenvalue weighted by Crippen LogP contribution is -1.87. The zero-order valence-electron chi connectivity index (χ0n) is 8.44. The molecule has 0 bridgehead atoms. The Balaban J connectivity index is 2.34. The molecule has 3 aromatic rings. The molecule has 78 valence electrons. The van der Waals surface area contributed by atoms with Gasteiger partial charge in [-0.15, -0.1) is 0 Å². The molecule has 2 heterocycles. The number of pyridine rings is 1. The first-order chi connectivity index (χ1) is 7.86. The molecule has 0 aliphatic heterocycles. The van der Waals surface area contributed by atoms with E-state index in [-0.39, 0.29) is 0 Å². The summed E-state index contributed by atoms with van der Waals surface area (Å²) in [7, 11) is 0. The average molecular weight is 212 g/mol. The van der Waals surface area contributed by atoms with Crippen LogP contribution in [-0.2, 0) is 0 Å². The molecule has 0 atom stereocenters. The van der Waals surface area contributed by atoms with Crippen molar-refractivity contribution in [3.05, 3.63) is 54.7 Å². The van der Waals surface area contributed by atoms with Crippen LogP contribution in [0.5, 0.6) is 0 Å². The first-order valence-corrected chi connectivity index (χ1v) is 5.03. The van der Waals surface area contributed by atoms with Gasteiger partial charge >= 0.3 is 0 Å². The molecule has 2 nitrogen and oxygen atoms in total. The first-order valence-electron chi connectivity index (χ1n) is 5.03. The third kappa shape index (κ3) is 1.29. The van der Waals surface area contributed by atoms with Crippen molar-refractivity contribution in [1.29, 1.82) is 0 Å². The summed E-state index contributed by atoms with van der Waals surface area (Å²) in [6.45, 7) is 0. The monoisotopic (exact) mass is 212 g/mol. The summed E-state index contributed by atoms with van der Waals surface area (Å²) in [5.74, 6) is -0.434. The molecule has 1 N–H and O–H groups in total. The smallest absolute Gasteiger partial charge is 0.220 e. The number of aromatic amines is 1. The number of rotatable bonds is 1. The van der Waals surface area contributed by atoms with Gasteiger partial charge in [0.2, 0.25) is 5.95 Å². The standard InChI is InChI=1S/C13H9FN2/c14-13-11(4-2-7-16-13)9-3-1-5-12-10(9)6-8-15-12/h1-8,15H. The minimum Gasteiger partial charge on any atom is -0.361 e. The Labute approximate surface area is 91.8 Å². The van der Waals surface area contributed by atoms with Crippen molar-refractivity contribution in [2.75, 3.05) is 0 Å². The van der Waals surface area contributed by atoms with Gasteiger partial charge in [-0.1, -0.05) is 12.1 Å². The summed E-state index contributed by atoms with van der Waals surface area (Å²) < 4.78 is 13.6. The van der Waals surface area contributed by atoms with E-state index in [0.717, 1.165) is 16.5 Å². The summed E-state index contributed by atoms with van der Waals surface area (Å²) >= 11 is 0. The van der Waals surface area contributed by atoms with Crippen molar-refractivity contribution in [2.24, 2.45) is 0 Å². The number of hydrogen-bond acceptors (Lipinski definition) is 1. The van der Waals surface area contributed by atoms with Gasteiger partial charge in [0.1, 0.15) is 0 Å². The van der Waals surface area contributed by atoms with Crippen molar-refractivity contribution < 1.29 is 4.39 Å². The number of aromatic nitrogens is 2. The molecule has 0 aliphatic rings. The Morgan fingerprint density at radius 3 is 2.75 bits per heavy atom. The predicted octanol–water partition coefficient (Wildman–Crippen LogP) is 3.37. The molecular formula is C13H9FN2. The predicted molar refractivity (Wildman–Crippen MR) is 61.5 cm³/mol. The Morgan fingerprint density at radius 2 is 1.88 bits per heavy atom. The fraction of sp³-hybridized carbons (Fsp3) is 0. The van der Waals surface area contributed by atoms with E-state index in [2.05, 4.69) is 9.97 Å². The number of nitrogens with zero attached hydrogens (tertiary/aromatic N) is 1. The molecule has 0 aliphatic carbocycles. The molecule has 2 aromatic heterocycles. The molecule has 0 saturated heterocycles. The van der Waals surface area contributed by atoms with Crippen LogP contribution < -0.4 is 0 Å². The van der Waals surface area contributed by atoms with Gasteiger partial charge < -0.3 is 4.98 Å². The van der Waals surface area contributed by atoms with E-state index in [9.17, 15) is 4.39 Å². The van der Waals surface area contributed by atoms with Gasteiger partial charge in [-0.25, -0.2) is 4.98 Å². The van der Waals surface area contributed by atoms with Crippen LogP contribution in [0.1, 0.15) is 0 Å². The minimum absolute atomic E-state index is 0.434. The number of halogens is 1. The van der Waals surface area contributed by atoms with Gasteiger partial charge in [-0.05, 0) is 29.8 Å². The quantitative estimate of drug-likeness (QED) is 0.615. The third-order valence-corrected chi connectivity index (χ3v) is 2.64. The highest BCUT2D eigenvalue weighted by Crippen LogP contribution is 2.28. The Bertz CT molecular complexity index is 643. The van der Waals surface area contributed by atoms with Gasteiger partial charge in [0.15, 0.2) is 0 Å². The fourth-order valence-corrected chi connectivity index (χ4v) is 1.91. The third-order valence-electron chi connectivity index (χ3n) is 2.64. The molecule has 3 heteroatoms. The van der Waals surface area contributed by atoms with E-state index in [1.54, 1.807) is 12.1 Å². The molecule has 3 rings (SSSR count). The number of benzene rings is 1. The van der Waals surface area contributed by atoms with Gasteiger partial charge in [-0.3, -0.25) is 0 Å². The fourth-order valence-electron chi connectivity index (χ4n) is 1.91. The topological polar surface area (TPSA) is 28.7 Å². The van der Waals surface area contributed by atoms with Crippen LogP contribution in [-0.4, -0.2) is 9.97 Å². The highest BCUT2D eigenvalue weighted by Gasteiger charge is 2.08. The van der Waals surface area contributed by atoms with Crippen LogP contribution in [0.3, 0.4) is 0 Å². The number of nitrogens with one attached hydrogen (secondary N) is 1. The van der Waals surface area contributed by atoms with Crippen LogP contribution in [0.2, 0.25) is 0 Å². The second-order valence-electron chi connectivity index (χ2n) is 3.59. The molecule has 16 heavy (non-hydrogen) atoms. The molecule has 0 radical (unpaired) electrons. The van der Waals surface area contributed by atoms with E-state index in [1.165, 1.54) is 6.20 Å². The van der Waals surface area contributed by atoms with Gasteiger partial charge in [0, 0.05) is 28.9 Å². The van der Waals surface area contributed by atoms with Gasteiger partial charge in [0.25, 0.3) is 0 Å². The number of hydrogen-bond donors (Lipinski definition) is 1. The van der Waals surface area contributed by atoms with Crippen molar-refractivity contribution in [3.63, 3.8) is 0 Å². The molecule has 0 saturated carbocycles. The second-order valence-corrected chi connectivity index (χ2v) is 3.59. The molecule has 0 unspecified atom stereocenters. The summed E-state index contributed by atoms with van der Waals surface area (Å²) in [6.07, 6.45) is 3.30. The van der Waals surface area contributed by atoms with E-state index in [0.29, 0.717) is 5.56 Å². The van der Waals surface area contributed by atoms with Crippen LogP contribution in [0.4, 0.5) is 4.39 Å². The Kier molecular flexibility index (Phi) is 1.96. The summed E-state index contributed by atoms with van der Waals surface area (Å²) in [6, 6.07) is 11.2. The Hall–Kier alpha value is -2.16. The maximum atomic E-state index is 13.6. The van der Waals surface area contributed by atoms with Crippen LogP contribution in [0.25, 0.3) is 22.0 Å². The molecule has 0 fully saturated rings. The zero-order chi connectivity index (χ0) is 11.0. The number of fused-ring (bicyclic) bond motifs is 1. The van der Waals surface area contributed by atoms with Crippen molar-refractivity contribution in [2.45, 2.75) is 0 Å². The molecular weight excluding hydrogens is 203 g/mol. The maximum Gasteiger partial charge on any atom is 0.220 e. The minimum atomic E-state index is -0.434. The average Bonchev–Trinajstić information content (AvgIpc) is 2.77. The second kappa shape index (κ2) is 3.45. The molecule has 0 amide bonds. The van der Waals surface area contributed by atoms with Gasteiger partial charge in [0.05, 0.1) is 0 Å². The molecule has 0 spiro atoms. The van der Waals surface area contributed by atoms with Gasteiger partial charge in [-0.2, -0.15) is 4.39 Å². The highest BCUT2D eigenvalue weighted by atomic mass is 19.1. The lowest BCUT2D eigenvalue weighted by atomic mass is 10.0. The Morgan fingerprint density at radius 1 is 1.00 bits per heavy atom. The van der Waals surface area contributed by atoms with E-state index in [4.69, 9.17) is 0 Å². The summed E-state index contributed by atoms with van der Waals surface area (Å²) in [4.78, 5) is 6.78. The molecule has 1 aromatic carbocycles. The van der Waals surface area contributed by atoms with Crippen molar-refractivity contribution in [1.82, 2.24) is 9.97 Å². The van der Waals surface area contributed by atoms with E-state index >= 15 is 0 Å². The van der Waals surface area contributed by atoms with E-state index in [1.807, 2.05) is 30.5 Å². The number of H-pyrrole nitrogens is 1. The van der Waals surface area contributed by atoms with Crippen molar-refractivity contribution >= 4 is 10.9 Å². The maximum absolute atomic E-state index is 13.6. The normalized spacial score (nSPS) is 10.8. The zero-order valence-corrected chi connectivity index (χ0v) is 8.44. The van der Waals surface area contributed by atoms with Crippen LogP contribution in [0, 0.1) is 5.95 Å². The van der Waals surface area contributed by atoms with Crippen LogP contribution in [0.15, 0.2) is 48.8 Å². The summed E-state index contributed by atoms with van der Waals surface area (Å²) in [5.41, 5.74) is 2.40. The summed E-state index contributed by atoms with van der Waals surface area (Å²) in [5, 5.41) is 1.01. The SMILES string of the molecule is Fc1ncccc1-c1cccc2[nH]ccc12. The lowest BCUT2D eigenvalue weighted by Gasteiger charge is -2.03. The van der Waals surface area contributed by atoms with Crippen LogP contribution >= 0.6 is 0 Å². The first kappa shape index (κ1) is 9.09. The largest absolute Gasteiger partial charge is 0.361 e. The lowest BCUT2D eigenvalue weighted by molar-refractivity contribution is 0.588. The van der Waals surface area contributed by atoms with Crippen molar-refractivity contribution in [3.8, 4) is 11.1 Å². The van der Waals surface area contributed by atoms with E-state index < -0.39 is 5.95 Å².